The maximum Gasteiger partial charge on any atom is 0.341 e. The molecule has 23 heavy (non-hydrogen) atoms. The third kappa shape index (κ3) is 4.34. The first kappa shape index (κ1) is 16.5. The minimum atomic E-state index is -0.295. The number of rotatable bonds is 6. The van der Waals surface area contributed by atoms with Crippen molar-refractivity contribution in [3.05, 3.63) is 23.7 Å². The Kier molecular flexibility index (Phi) is 5.70. The second-order valence-electron chi connectivity index (χ2n) is 6.28. The quantitative estimate of drug-likeness (QED) is 0.742. The summed E-state index contributed by atoms with van der Waals surface area (Å²) in [7, 11) is 0. The van der Waals surface area contributed by atoms with Crippen LogP contribution in [0, 0.1) is 5.92 Å². The first-order valence-electron chi connectivity index (χ1n) is 8.52. The number of carbonyl (C=O) groups excluding carboxylic acids is 1. The second-order valence-corrected chi connectivity index (χ2v) is 6.28. The summed E-state index contributed by atoms with van der Waals surface area (Å²) >= 11 is 0. The van der Waals surface area contributed by atoms with Gasteiger partial charge in [0.1, 0.15) is 11.3 Å². The standard InChI is InChI=1S/C17H26N2O4/c1-2-22-17(20)15-4-10-23-16(15)12-19-7-5-18(6-8-19)11-14-3-9-21-13-14/h4,10,14H,2-3,5-9,11-13H2,1H3. The van der Waals surface area contributed by atoms with Crippen LogP contribution in [0.4, 0.5) is 0 Å². The van der Waals surface area contributed by atoms with Gasteiger partial charge in [0, 0.05) is 39.3 Å². The molecule has 128 valence electrons. The molecule has 6 heteroatoms. The molecule has 0 bridgehead atoms. The number of ether oxygens (including phenoxy) is 2. The Labute approximate surface area is 137 Å². The zero-order valence-corrected chi connectivity index (χ0v) is 13.8. The average molecular weight is 322 g/mol. The molecular weight excluding hydrogens is 296 g/mol. The highest BCUT2D eigenvalue weighted by Gasteiger charge is 2.24. The van der Waals surface area contributed by atoms with E-state index in [1.54, 1.807) is 12.3 Å². The molecule has 1 aromatic rings. The van der Waals surface area contributed by atoms with E-state index >= 15 is 0 Å². The number of furan rings is 1. The molecule has 0 saturated carbocycles. The van der Waals surface area contributed by atoms with Gasteiger partial charge in [-0.1, -0.05) is 0 Å². The van der Waals surface area contributed by atoms with Gasteiger partial charge in [0.25, 0.3) is 0 Å². The zero-order chi connectivity index (χ0) is 16.1. The number of nitrogens with zero attached hydrogens (tertiary/aromatic N) is 2. The monoisotopic (exact) mass is 322 g/mol. The van der Waals surface area contributed by atoms with E-state index in [4.69, 9.17) is 13.9 Å². The Balaban J connectivity index is 1.47. The predicted octanol–water partition coefficient (Wildman–Crippen LogP) is 1.61. The van der Waals surface area contributed by atoms with Crippen LogP contribution in [0.25, 0.3) is 0 Å². The van der Waals surface area contributed by atoms with Gasteiger partial charge in [-0.25, -0.2) is 4.79 Å². The highest BCUT2D eigenvalue weighted by Crippen LogP contribution is 2.18. The SMILES string of the molecule is CCOC(=O)c1ccoc1CN1CCN(CC2CCOC2)CC1. The maximum atomic E-state index is 11.9. The van der Waals surface area contributed by atoms with E-state index in [1.165, 1.54) is 6.42 Å². The Morgan fingerprint density at radius 3 is 2.78 bits per heavy atom. The van der Waals surface area contributed by atoms with Crippen molar-refractivity contribution in [2.75, 3.05) is 52.5 Å². The molecule has 0 aromatic carbocycles. The van der Waals surface area contributed by atoms with Gasteiger partial charge in [-0.15, -0.1) is 0 Å². The first-order valence-corrected chi connectivity index (χ1v) is 8.52. The van der Waals surface area contributed by atoms with Gasteiger partial charge in [-0.2, -0.15) is 0 Å². The lowest BCUT2D eigenvalue weighted by molar-refractivity contribution is 0.0519. The van der Waals surface area contributed by atoms with E-state index in [0.717, 1.165) is 45.9 Å². The van der Waals surface area contributed by atoms with Crippen LogP contribution >= 0.6 is 0 Å². The molecule has 2 aliphatic rings. The van der Waals surface area contributed by atoms with Crippen LogP contribution in [0.1, 0.15) is 29.5 Å². The van der Waals surface area contributed by atoms with Gasteiger partial charge in [-0.3, -0.25) is 4.90 Å². The average Bonchev–Trinajstić information content (AvgIpc) is 3.21. The topological polar surface area (TPSA) is 55.2 Å². The molecule has 1 aromatic heterocycles. The number of esters is 1. The molecule has 3 heterocycles. The summed E-state index contributed by atoms with van der Waals surface area (Å²) in [5.41, 5.74) is 0.553. The molecule has 1 unspecified atom stereocenters. The summed E-state index contributed by atoms with van der Waals surface area (Å²) in [4.78, 5) is 16.7. The summed E-state index contributed by atoms with van der Waals surface area (Å²) < 4.78 is 16.0. The highest BCUT2D eigenvalue weighted by molar-refractivity contribution is 5.90. The van der Waals surface area contributed by atoms with Crippen molar-refractivity contribution in [2.45, 2.75) is 19.9 Å². The molecule has 0 amide bonds. The fraction of sp³-hybridized carbons (Fsp3) is 0.706. The first-order chi connectivity index (χ1) is 11.3. The normalized spacial score (nSPS) is 23.3. The van der Waals surface area contributed by atoms with Gasteiger partial charge < -0.3 is 18.8 Å². The van der Waals surface area contributed by atoms with Crippen LogP contribution in [0.2, 0.25) is 0 Å². The number of piperazine rings is 1. The van der Waals surface area contributed by atoms with Crippen molar-refractivity contribution in [2.24, 2.45) is 5.92 Å². The van der Waals surface area contributed by atoms with Crippen molar-refractivity contribution in [3.8, 4) is 0 Å². The largest absolute Gasteiger partial charge is 0.467 e. The molecular formula is C17H26N2O4. The molecule has 0 aliphatic carbocycles. The number of hydrogen-bond acceptors (Lipinski definition) is 6. The molecule has 3 rings (SSSR count). The summed E-state index contributed by atoms with van der Waals surface area (Å²) in [5, 5.41) is 0. The van der Waals surface area contributed by atoms with Crippen LogP contribution in [0.15, 0.2) is 16.7 Å². The summed E-state index contributed by atoms with van der Waals surface area (Å²) in [6.07, 6.45) is 2.76. The summed E-state index contributed by atoms with van der Waals surface area (Å²) in [5.74, 6) is 1.11. The Hall–Kier alpha value is -1.37. The van der Waals surface area contributed by atoms with Crippen LogP contribution in [-0.2, 0) is 16.0 Å². The minimum Gasteiger partial charge on any atom is -0.467 e. The fourth-order valence-electron chi connectivity index (χ4n) is 3.28. The lowest BCUT2D eigenvalue weighted by atomic mass is 10.1. The van der Waals surface area contributed by atoms with Crippen molar-refractivity contribution < 1.29 is 18.7 Å². The van der Waals surface area contributed by atoms with Crippen molar-refractivity contribution in [3.63, 3.8) is 0 Å². The third-order valence-corrected chi connectivity index (χ3v) is 4.61. The van der Waals surface area contributed by atoms with E-state index in [-0.39, 0.29) is 5.97 Å². The Bertz CT molecular complexity index is 502. The van der Waals surface area contributed by atoms with Gasteiger partial charge in [0.05, 0.1) is 26.0 Å². The van der Waals surface area contributed by atoms with E-state index in [2.05, 4.69) is 9.80 Å². The minimum absolute atomic E-state index is 0.295. The third-order valence-electron chi connectivity index (χ3n) is 4.61. The van der Waals surface area contributed by atoms with Crippen molar-refractivity contribution in [1.82, 2.24) is 9.80 Å². The van der Waals surface area contributed by atoms with Crippen molar-refractivity contribution >= 4 is 5.97 Å². The van der Waals surface area contributed by atoms with E-state index in [9.17, 15) is 4.79 Å². The second kappa shape index (κ2) is 7.95. The molecule has 0 N–H and O–H groups in total. The van der Waals surface area contributed by atoms with Gasteiger partial charge in [0.15, 0.2) is 0 Å². The van der Waals surface area contributed by atoms with E-state index in [0.29, 0.717) is 30.4 Å². The smallest absolute Gasteiger partial charge is 0.341 e. The zero-order valence-electron chi connectivity index (χ0n) is 13.8. The van der Waals surface area contributed by atoms with Gasteiger partial charge in [-0.05, 0) is 25.3 Å². The predicted molar refractivity (Wildman–Crippen MR) is 85.3 cm³/mol. The van der Waals surface area contributed by atoms with Gasteiger partial charge >= 0.3 is 5.97 Å². The van der Waals surface area contributed by atoms with Crippen LogP contribution < -0.4 is 0 Å². The highest BCUT2D eigenvalue weighted by atomic mass is 16.5. The summed E-state index contributed by atoms with van der Waals surface area (Å²) in [6, 6.07) is 1.70. The lowest BCUT2D eigenvalue weighted by Gasteiger charge is -2.35. The molecule has 2 saturated heterocycles. The fourth-order valence-corrected chi connectivity index (χ4v) is 3.28. The molecule has 6 nitrogen and oxygen atoms in total. The molecule has 1 atom stereocenters. The van der Waals surface area contributed by atoms with Crippen molar-refractivity contribution in [1.29, 1.82) is 0 Å². The number of hydrogen-bond donors (Lipinski definition) is 0. The molecule has 2 aliphatic heterocycles. The number of carbonyl (C=O) groups is 1. The molecule has 0 radical (unpaired) electrons. The van der Waals surface area contributed by atoms with Crippen LogP contribution in [-0.4, -0.2) is 68.3 Å². The molecule has 2 fully saturated rings. The van der Waals surface area contributed by atoms with E-state index < -0.39 is 0 Å². The van der Waals surface area contributed by atoms with E-state index in [1.807, 2.05) is 6.92 Å². The summed E-state index contributed by atoms with van der Waals surface area (Å²) in [6.45, 7) is 9.95. The van der Waals surface area contributed by atoms with Crippen LogP contribution in [0.5, 0.6) is 0 Å². The van der Waals surface area contributed by atoms with Crippen LogP contribution in [0.3, 0.4) is 0 Å². The maximum absolute atomic E-state index is 11.9. The lowest BCUT2D eigenvalue weighted by Crippen LogP contribution is -2.47. The Morgan fingerprint density at radius 1 is 1.30 bits per heavy atom. The molecule has 0 spiro atoms. The Morgan fingerprint density at radius 2 is 2.09 bits per heavy atom. The van der Waals surface area contributed by atoms with Gasteiger partial charge in [0.2, 0.25) is 0 Å².